The van der Waals surface area contributed by atoms with Crippen LogP contribution in [0.3, 0.4) is 0 Å². The average Bonchev–Trinajstić information content (AvgIpc) is 2.29. The molecule has 1 aliphatic rings. The third-order valence-corrected chi connectivity index (χ3v) is 3.52. The van der Waals surface area contributed by atoms with Gasteiger partial charge in [-0.25, -0.2) is 0 Å². The van der Waals surface area contributed by atoms with Crippen molar-refractivity contribution < 1.29 is 5.11 Å². The van der Waals surface area contributed by atoms with Crippen molar-refractivity contribution in [3.05, 3.63) is 29.3 Å². The molecule has 2 rings (SSSR count). The van der Waals surface area contributed by atoms with Crippen LogP contribution in [0, 0.1) is 5.92 Å². The second kappa shape index (κ2) is 5.35. The minimum atomic E-state index is 0.355. The van der Waals surface area contributed by atoms with Crippen molar-refractivity contribution >= 4 is 0 Å². The molecule has 1 aliphatic carbocycles. The molecule has 0 spiro atoms. The van der Waals surface area contributed by atoms with Gasteiger partial charge in [0.05, 0.1) is 0 Å². The summed E-state index contributed by atoms with van der Waals surface area (Å²) in [4.78, 5) is 0. The second-order valence-corrected chi connectivity index (χ2v) is 4.92. The Morgan fingerprint density at radius 1 is 1.06 bits per heavy atom. The predicted octanol–water partition coefficient (Wildman–Crippen LogP) is 2.97. The fourth-order valence-corrected chi connectivity index (χ4v) is 2.70. The maximum atomic E-state index is 9.60. The first-order valence-electron chi connectivity index (χ1n) is 6.30. The van der Waals surface area contributed by atoms with Crippen molar-refractivity contribution in [2.75, 3.05) is 0 Å². The van der Waals surface area contributed by atoms with Gasteiger partial charge in [0.15, 0.2) is 0 Å². The maximum Gasteiger partial charge on any atom is 0.116 e. The molecule has 0 aromatic heterocycles. The fraction of sp³-hybridized carbons (Fsp3) is 0.571. The van der Waals surface area contributed by atoms with Crippen LogP contribution in [0.25, 0.3) is 0 Å². The summed E-state index contributed by atoms with van der Waals surface area (Å²) in [6, 6.07) is 5.77. The molecule has 88 valence electrons. The Bertz CT molecular complexity index is 343. The molecular formula is C14H21NO. The quantitative estimate of drug-likeness (QED) is 0.821. The number of aromatic hydroxyl groups is 1. The van der Waals surface area contributed by atoms with Gasteiger partial charge >= 0.3 is 0 Å². The number of hydrogen-bond donors (Lipinski definition) is 2. The number of benzene rings is 1. The van der Waals surface area contributed by atoms with Gasteiger partial charge < -0.3 is 10.8 Å². The van der Waals surface area contributed by atoms with Crippen LogP contribution in [0.5, 0.6) is 5.75 Å². The van der Waals surface area contributed by atoms with E-state index < -0.39 is 0 Å². The lowest BCUT2D eigenvalue weighted by Crippen LogP contribution is -2.09. The standard InChI is InChI=1S/C14H21NO/c15-10-13-7-12(8-14(16)9-13)6-11-4-2-1-3-5-11/h7-9,11,16H,1-6,10,15H2. The highest BCUT2D eigenvalue weighted by Gasteiger charge is 2.14. The molecule has 0 atom stereocenters. The number of hydrogen-bond acceptors (Lipinski definition) is 2. The summed E-state index contributed by atoms with van der Waals surface area (Å²) in [5, 5.41) is 9.60. The van der Waals surface area contributed by atoms with Crippen LogP contribution < -0.4 is 5.73 Å². The Balaban J connectivity index is 2.04. The monoisotopic (exact) mass is 219 g/mol. The summed E-state index contributed by atoms with van der Waals surface area (Å²) >= 11 is 0. The van der Waals surface area contributed by atoms with Crippen molar-refractivity contribution in [1.82, 2.24) is 0 Å². The smallest absolute Gasteiger partial charge is 0.116 e. The highest BCUT2D eigenvalue weighted by molar-refractivity contribution is 5.33. The third-order valence-electron chi connectivity index (χ3n) is 3.52. The molecule has 0 unspecified atom stereocenters. The zero-order valence-corrected chi connectivity index (χ0v) is 9.78. The Labute approximate surface area is 97.5 Å². The molecule has 1 aromatic rings. The molecule has 2 nitrogen and oxygen atoms in total. The van der Waals surface area contributed by atoms with Crippen LogP contribution in [-0.4, -0.2) is 5.11 Å². The highest BCUT2D eigenvalue weighted by Crippen LogP contribution is 2.28. The van der Waals surface area contributed by atoms with Gasteiger partial charge in [0.25, 0.3) is 0 Å². The van der Waals surface area contributed by atoms with E-state index in [4.69, 9.17) is 5.73 Å². The predicted molar refractivity (Wildman–Crippen MR) is 66.3 cm³/mol. The number of nitrogens with two attached hydrogens (primary N) is 1. The first kappa shape index (κ1) is 11.5. The molecule has 0 aliphatic heterocycles. The molecule has 16 heavy (non-hydrogen) atoms. The topological polar surface area (TPSA) is 46.2 Å². The summed E-state index contributed by atoms with van der Waals surface area (Å²) in [5.74, 6) is 1.16. The van der Waals surface area contributed by atoms with E-state index in [1.807, 2.05) is 6.07 Å². The first-order valence-corrected chi connectivity index (χ1v) is 6.30. The molecule has 0 amide bonds. The minimum absolute atomic E-state index is 0.355. The summed E-state index contributed by atoms with van der Waals surface area (Å²) in [6.07, 6.45) is 7.91. The Morgan fingerprint density at radius 3 is 2.44 bits per heavy atom. The van der Waals surface area contributed by atoms with Gasteiger partial charge in [-0.05, 0) is 35.6 Å². The molecule has 2 heteroatoms. The van der Waals surface area contributed by atoms with Crippen LogP contribution in [0.1, 0.15) is 43.2 Å². The van der Waals surface area contributed by atoms with Crippen molar-refractivity contribution in [3.8, 4) is 5.75 Å². The van der Waals surface area contributed by atoms with Gasteiger partial charge in [-0.3, -0.25) is 0 Å². The van der Waals surface area contributed by atoms with Gasteiger partial charge in [-0.1, -0.05) is 38.2 Å². The van der Waals surface area contributed by atoms with Crippen molar-refractivity contribution in [2.45, 2.75) is 45.1 Å². The van der Waals surface area contributed by atoms with Crippen LogP contribution in [0.4, 0.5) is 0 Å². The van der Waals surface area contributed by atoms with Crippen LogP contribution in [-0.2, 0) is 13.0 Å². The van der Waals surface area contributed by atoms with E-state index in [0.717, 1.165) is 17.9 Å². The van der Waals surface area contributed by atoms with E-state index in [1.54, 1.807) is 6.07 Å². The van der Waals surface area contributed by atoms with E-state index in [9.17, 15) is 5.11 Å². The number of rotatable bonds is 3. The maximum absolute atomic E-state index is 9.60. The Hall–Kier alpha value is -1.02. The highest BCUT2D eigenvalue weighted by atomic mass is 16.3. The average molecular weight is 219 g/mol. The number of phenolic OH excluding ortho intramolecular Hbond substituents is 1. The lowest BCUT2D eigenvalue weighted by molar-refractivity contribution is 0.356. The van der Waals surface area contributed by atoms with E-state index in [2.05, 4.69) is 6.07 Å². The van der Waals surface area contributed by atoms with E-state index in [0.29, 0.717) is 12.3 Å². The molecular weight excluding hydrogens is 198 g/mol. The van der Waals surface area contributed by atoms with Gasteiger partial charge in [-0.2, -0.15) is 0 Å². The summed E-state index contributed by atoms with van der Waals surface area (Å²) in [7, 11) is 0. The normalized spacial score (nSPS) is 17.6. The summed E-state index contributed by atoms with van der Waals surface area (Å²) in [6.45, 7) is 0.506. The molecule has 0 radical (unpaired) electrons. The largest absolute Gasteiger partial charge is 0.508 e. The zero-order chi connectivity index (χ0) is 11.4. The van der Waals surface area contributed by atoms with Crippen molar-refractivity contribution in [3.63, 3.8) is 0 Å². The van der Waals surface area contributed by atoms with Crippen molar-refractivity contribution in [2.24, 2.45) is 11.7 Å². The van der Waals surface area contributed by atoms with E-state index >= 15 is 0 Å². The van der Waals surface area contributed by atoms with Crippen LogP contribution in [0.15, 0.2) is 18.2 Å². The third kappa shape index (κ3) is 2.99. The molecule has 0 bridgehead atoms. The first-order chi connectivity index (χ1) is 7.78. The van der Waals surface area contributed by atoms with E-state index in [1.165, 1.54) is 37.7 Å². The summed E-state index contributed by atoms with van der Waals surface area (Å²) in [5.41, 5.74) is 7.89. The zero-order valence-electron chi connectivity index (χ0n) is 9.78. The van der Waals surface area contributed by atoms with Crippen molar-refractivity contribution in [1.29, 1.82) is 0 Å². The fourth-order valence-electron chi connectivity index (χ4n) is 2.70. The van der Waals surface area contributed by atoms with Gasteiger partial charge in [0, 0.05) is 6.54 Å². The van der Waals surface area contributed by atoms with Gasteiger partial charge in [-0.15, -0.1) is 0 Å². The molecule has 3 N–H and O–H groups in total. The Kier molecular flexibility index (Phi) is 3.83. The second-order valence-electron chi connectivity index (χ2n) is 4.92. The Morgan fingerprint density at radius 2 is 1.75 bits per heavy atom. The number of phenols is 1. The van der Waals surface area contributed by atoms with Crippen LogP contribution in [0.2, 0.25) is 0 Å². The summed E-state index contributed by atoms with van der Waals surface area (Å²) < 4.78 is 0. The molecule has 1 fully saturated rings. The van der Waals surface area contributed by atoms with Gasteiger partial charge in [0.2, 0.25) is 0 Å². The minimum Gasteiger partial charge on any atom is -0.508 e. The molecule has 0 saturated heterocycles. The molecule has 1 saturated carbocycles. The lowest BCUT2D eigenvalue weighted by atomic mass is 9.84. The SMILES string of the molecule is NCc1cc(O)cc(CC2CCCCC2)c1. The van der Waals surface area contributed by atoms with Crippen LogP contribution >= 0.6 is 0 Å². The van der Waals surface area contributed by atoms with E-state index in [-0.39, 0.29) is 0 Å². The lowest BCUT2D eigenvalue weighted by Gasteiger charge is -2.21. The van der Waals surface area contributed by atoms with Gasteiger partial charge in [0.1, 0.15) is 5.75 Å². The molecule has 0 heterocycles. The molecule has 1 aromatic carbocycles.